The Hall–Kier alpha value is -1.28. The molecule has 2 radical (unpaired) electrons. The van der Waals surface area contributed by atoms with Gasteiger partial charge in [-0.3, -0.25) is 0 Å². The van der Waals surface area contributed by atoms with Crippen LogP contribution in [0.4, 0.5) is 0 Å². The van der Waals surface area contributed by atoms with Crippen molar-refractivity contribution in [2.24, 2.45) is 0 Å². The number of carbonyl (C=O) groups is 4. The SMILES string of the molecule is O=C(O)CN1CCN(CC(=O)O)CC(=O)[O][Pb][O]C(=O)C1. The first-order valence-electron chi connectivity index (χ1n) is 5.89. The third-order valence-electron chi connectivity index (χ3n) is 2.47. The van der Waals surface area contributed by atoms with Crippen LogP contribution < -0.4 is 0 Å². The van der Waals surface area contributed by atoms with Crippen LogP contribution in [-0.4, -0.2) is 108 Å². The molecule has 116 valence electrons. The second kappa shape index (κ2) is 8.89. The average Bonchev–Trinajstić information content (AvgIpc) is 2.35. The summed E-state index contributed by atoms with van der Waals surface area (Å²) in [5, 5.41) is 17.6. The number of carboxylic acid groups (broad SMARTS) is 2. The molecule has 1 saturated heterocycles. The van der Waals surface area contributed by atoms with E-state index >= 15 is 0 Å². The van der Waals surface area contributed by atoms with Crippen LogP contribution in [0.15, 0.2) is 0 Å². The van der Waals surface area contributed by atoms with Crippen molar-refractivity contribution in [3.8, 4) is 0 Å². The van der Waals surface area contributed by atoms with Gasteiger partial charge < -0.3 is 0 Å². The summed E-state index contributed by atoms with van der Waals surface area (Å²) in [5.41, 5.74) is 0. The molecule has 1 aliphatic heterocycles. The van der Waals surface area contributed by atoms with E-state index in [1.54, 1.807) is 0 Å². The zero-order chi connectivity index (χ0) is 15.8. The first kappa shape index (κ1) is 17.8. The molecule has 2 N–H and O–H groups in total. The van der Waals surface area contributed by atoms with E-state index in [1.165, 1.54) is 9.80 Å². The van der Waals surface area contributed by atoms with Gasteiger partial charge in [0.1, 0.15) is 0 Å². The molecule has 0 aromatic rings. The van der Waals surface area contributed by atoms with Crippen molar-refractivity contribution in [1.29, 1.82) is 0 Å². The van der Waals surface area contributed by atoms with Crippen LogP contribution in [-0.2, 0) is 24.6 Å². The maximum absolute atomic E-state index is 11.5. The van der Waals surface area contributed by atoms with Crippen molar-refractivity contribution in [3.05, 3.63) is 0 Å². The number of nitrogens with zero attached hydrogens (tertiary/aromatic N) is 2. The molecule has 0 aliphatic carbocycles. The minimum atomic E-state index is -2.35. The van der Waals surface area contributed by atoms with Crippen LogP contribution in [0, 0.1) is 0 Å². The molecule has 0 aromatic heterocycles. The molecule has 1 aliphatic rings. The Morgan fingerprint density at radius 1 is 0.952 bits per heavy atom. The number of carboxylic acids is 2. The van der Waals surface area contributed by atoms with Gasteiger partial charge in [0.25, 0.3) is 0 Å². The Kier molecular flexibility index (Phi) is 7.52. The van der Waals surface area contributed by atoms with Crippen molar-refractivity contribution < 1.29 is 34.8 Å². The van der Waals surface area contributed by atoms with Crippen LogP contribution in [0.2, 0.25) is 0 Å². The van der Waals surface area contributed by atoms with E-state index < -0.39 is 49.0 Å². The van der Waals surface area contributed by atoms with Crippen LogP contribution in [0.1, 0.15) is 0 Å². The first-order valence-corrected chi connectivity index (χ1v) is 9.07. The van der Waals surface area contributed by atoms with Gasteiger partial charge in [0.2, 0.25) is 0 Å². The van der Waals surface area contributed by atoms with E-state index in [4.69, 9.17) is 15.6 Å². The molecule has 0 saturated carbocycles. The fraction of sp³-hybridized carbons (Fsp3) is 0.600. The molecule has 0 aromatic carbocycles. The maximum atomic E-state index is 11.5. The molecule has 0 amide bonds. The van der Waals surface area contributed by atoms with Crippen molar-refractivity contribution >= 4 is 49.0 Å². The zero-order valence-electron chi connectivity index (χ0n) is 11.0. The minimum absolute atomic E-state index is 0.121. The monoisotopic (exact) mass is 498 g/mol. The molecule has 21 heavy (non-hydrogen) atoms. The van der Waals surface area contributed by atoms with Gasteiger partial charge in [0.15, 0.2) is 0 Å². The van der Waals surface area contributed by atoms with Gasteiger partial charge in [-0.1, -0.05) is 0 Å². The summed E-state index contributed by atoms with van der Waals surface area (Å²) >= 11 is -2.35. The Morgan fingerprint density at radius 3 is 1.67 bits per heavy atom. The van der Waals surface area contributed by atoms with Gasteiger partial charge >= 0.3 is 133 Å². The summed E-state index contributed by atoms with van der Waals surface area (Å²) in [5.74, 6) is -3.51. The molecule has 0 unspecified atom stereocenters. The van der Waals surface area contributed by atoms with Crippen LogP contribution >= 0.6 is 0 Å². The summed E-state index contributed by atoms with van der Waals surface area (Å²) in [4.78, 5) is 47.0. The predicted octanol–water partition coefficient (Wildman–Crippen LogP) is -2.61. The quantitative estimate of drug-likeness (QED) is 0.398. The normalized spacial score (nSPS) is 19.2. The molecule has 1 fully saturated rings. The van der Waals surface area contributed by atoms with Gasteiger partial charge in [-0.05, 0) is 0 Å². The fourth-order valence-electron chi connectivity index (χ4n) is 1.64. The number of rotatable bonds is 4. The third kappa shape index (κ3) is 7.91. The molecule has 0 spiro atoms. The summed E-state index contributed by atoms with van der Waals surface area (Å²) < 4.78 is 9.63. The average molecular weight is 497 g/mol. The topological polar surface area (TPSA) is 134 Å². The predicted molar refractivity (Wildman–Crippen MR) is 66.1 cm³/mol. The van der Waals surface area contributed by atoms with Crippen molar-refractivity contribution in [2.75, 3.05) is 39.3 Å². The Bertz CT molecular complexity index is 391. The Morgan fingerprint density at radius 2 is 1.33 bits per heavy atom. The fourth-order valence-corrected chi connectivity index (χ4v) is 3.02. The third-order valence-corrected chi connectivity index (χ3v) is 4.88. The van der Waals surface area contributed by atoms with Crippen molar-refractivity contribution in [3.63, 3.8) is 0 Å². The molecule has 0 atom stereocenters. The molecule has 10 nitrogen and oxygen atoms in total. The van der Waals surface area contributed by atoms with Crippen LogP contribution in [0.25, 0.3) is 0 Å². The van der Waals surface area contributed by atoms with Gasteiger partial charge in [-0.15, -0.1) is 0 Å². The van der Waals surface area contributed by atoms with Gasteiger partial charge in [0.05, 0.1) is 0 Å². The van der Waals surface area contributed by atoms with E-state index in [0.29, 0.717) is 0 Å². The second-order valence-corrected chi connectivity index (χ2v) is 6.48. The van der Waals surface area contributed by atoms with E-state index in [2.05, 4.69) is 0 Å². The van der Waals surface area contributed by atoms with E-state index in [9.17, 15) is 19.2 Å². The number of carbonyl (C=O) groups excluding carboxylic acids is 2. The van der Waals surface area contributed by atoms with Crippen molar-refractivity contribution in [1.82, 2.24) is 9.80 Å². The van der Waals surface area contributed by atoms with Gasteiger partial charge in [0, 0.05) is 0 Å². The van der Waals surface area contributed by atoms with E-state index in [-0.39, 0.29) is 39.3 Å². The van der Waals surface area contributed by atoms with Gasteiger partial charge in [-0.2, -0.15) is 0 Å². The van der Waals surface area contributed by atoms with Gasteiger partial charge in [-0.25, -0.2) is 0 Å². The Balaban J connectivity index is 2.74. The zero-order valence-corrected chi connectivity index (χ0v) is 14.9. The molecule has 1 rings (SSSR count). The van der Waals surface area contributed by atoms with Crippen LogP contribution in [0.5, 0.6) is 0 Å². The molecule has 11 heteroatoms. The van der Waals surface area contributed by atoms with Crippen molar-refractivity contribution in [2.45, 2.75) is 0 Å². The van der Waals surface area contributed by atoms with E-state index in [0.717, 1.165) is 0 Å². The second-order valence-electron chi connectivity index (χ2n) is 4.24. The molecular formula is C10H14N2O8Pb. The molecular weight excluding hydrogens is 483 g/mol. The first-order chi connectivity index (χ1) is 9.86. The summed E-state index contributed by atoms with van der Waals surface area (Å²) in [6.45, 7) is -0.988. The molecule has 1 heterocycles. The summed E-state index contributed by atoms with van der Waals surface area (Å²) in [7, 11) is 0. The number of aliphatic carboxylic acids is 2. The van der Waals surface area contributed by atoms with Crippen LogP contribution in [0.3, 0.4) is 0 Å². The standard InChI is InChI=1S/C10H16N2O8.Pb/c13-7(14)3-11(4-8(15)16)1-2-12(5-9(17)18)6-10(19)20;/h1-6H2,(H,13,14)(H,15,16)(H,17,18)(H,19,20);/q;+2/p-2. The van der Waals surface area contributed by atoms with E-state index in [1.807, 2.05) is 0 Å². The molecule has 0 bridgehead atoms. The number of hydrogen-bond donors (Lipinski definition) is 2. The summed E-state index contributed by atoms with van der Waals surface area (Å²) in [6.07, 6.45) is 0. The summed E-state index contributed by atoms with van der Waals surface area (Å²) in [6, 6.07) is 0. The number of hydrogen-bond acceptors (Lipinski definition) is 8. The Labute approximate surface area is 133 Å².